The number of nitrogens with one attached hydrogen (secondary N) is 1. The van der Waals surface area contributed by atoms with Crippen LogP contribution in [-0.4, -0.2) is 30.1 Å². The van der Waals surface area contributed by atoms with Crippen molar-refractivity contribution in [1.29, 1.82) is 0 Å². The van der Waals surface area contributed by atoms with Crippen LogP contribution in [0, 0.1) is 0 Å². The van der Waals surface area contributed by atoms with E-state index in [2.05, 4.69) is 10.3 Å². The summed E-state index contributed by atoms with van der Waals surface area (Å²) < 4.78 is 5.42. The van der Waals surface area contributed by atoms with Gasteiger partial charge >= 0.3 is 0 Å². The Morgan fingerprint density at radius 1 is 1.47 bits per heavy atom. The second kappa shape index (κ2) is 6.87. The molecule has 1 saturated carbocycles. The molecule has 0 radical (unpaired) electrons. The first-order valence-corrected chi connectivity index (χ1v) is 6.99. The summed E-state index contributed by atoms with van der Waals surface area (Å²) in [6, 6.07) is 3.64. The van der Waals surface area contributed by atoms with Crippen molar-refractivity contribution in [3.05, 3.63) is 29.0 Å². The molecule has 2 atom stereocenters. The molecule has 0 unspecified atom stereocenters. The maximum absolute atomic E-state index is 12.0. The number of hydrogen-bond acceptors (Lipinski definition) is 3. The molecule has 1 N–H and O–H groups in total. The molecule has 4 nitrogen and oxygen atoms in total. The maximum atomic E-state index is 12.0. The Kier molecular flexibility index (Phi) is 5.16. The van der Waals surface area contributed by atoms with E-state index in [0.29, 0.717) is 5.02 Å². The van der Waals surface area contributed by atoms with E-state index in [1.165, 1.54) is 6.42 Å². The number of nitrogens with zero attached hydrogens (tertiary/aromatic N) is 1. The van der Waals surface area contributed by atoms with Gasteiger partial charge in [0.25, 0.3) is 0 Å². The molecule has 1 aliphatic rings. The smallest absolute Gasteiger partial charge is 0.226 e. The first-order valence-electron chi connectivity index (χ1n) is 6.61. The van der Waals surface area contributed by atoms with Crippen molar-refractivity contribution in [2.45, 2.75) is 44.2 Å². The van der Waals surface area contributed by atoms with Gasteiger partial charge in [0.15, 0.2) is 0 Å². The number of carbonyl (C=O) groups excluding carboxylic acids is 1. The minimum Gasteiger partial charge on any atom is -0.379 e. The molecule has 0 aromatic carbocycles. The highest BCUT2D eigenvalue weighted by Gasteiger charge is 2.26. The monoisotopic (exact) mass is 282 g/mol. The van der Waals surface area contributed by atoms with Crippen LogP contribution in [0.2, 0.25) is 5.02 Å². The number of amides is 1. The molecule has 1 amide bonds. The summed E-state index contributed by atoms with van der Waals surface area (Å²) in [5, 5.41) is 3.63. The first kappa shape index (κ1) is 14.3. The summed E-state index contributed by atoms with van der Waals surface area (Å²) in [4.78, 5) is 16.1. The fourth-order valence-electron chi connectivity index (χ4n) is 2.48. The van der Waals surface area contributed by atoms with Gasteiger partial charge in [-0.05, 0) is 25.0 Å². The van der Waals surface area contributed by atoms with Crippen molar-refractivity contribution >= 4 is 17.5 Å². The molecule has 1 aromatic heterocycles. The largest absolute Gasteiger partial charge is 0.379 e. The normalized spacial score (nSPS) is 23.1. The van der Waals surface area contributed by atoms with E-state index >= 15 is 0 Å². The predicted molar refractivity (Wildman–Crippen MR) is 74.1 cm³/mol. The van der Waals surface area contributed by atoms with Crippen LogP contribution in [0.5, 0.6) is 0 Å². The van der Waals surface area contributed by atoms with E-state index < -0.39 is 0 Å². The number of ether oxygens (including phenoxy) is 1. The van der Waals surface area contributed by atoms with E-state index in [1.807, 2.05) is 0 Å². The lowest BCUT2D eigenvalue weighted by molar-refractivity contribution is -0.122. The van der Waals surface area contributed by atoms with Crippen LogP contribution in [-0.2, 0) is 16.0 Å². The molecule has 1 heterocycles. The van der Waals surface area contributed by atoms with Gasteiger partial charge in [-0.3, -0.25) is 9.78 Å². The number of aromatic nitrogens is 1. The Labute approximate surface area is 118 Å². The van der Waals surface area contributed by atoms with Gasteiger partial charge in [0.2, 0.25) is 5.91 Å². The van der Waals surface area contributed by atoms with Gasteiger partial charge < -0.3 is 10.1 Å². The summed E-state index contributed by atoms with van der Waals surface area (Å²) in [5.74, 6) is -0.0104. The lowest BCUT2D eigenvalue weighted by Gasteiger charge is -2.31. The van der Waals surface area contributed by atoms with Gasteiger partial charge in [0.1, 0.15) is 0 Å². The number of carbonyl (C=O) groups is 1. The SMILES string of the molecule is CO[C@H]1CCCC[C@H]1NC(=O)Cc1ccc(Cl)cn1. The second-order valence-corrected chi connectivity index (χ2v) is 5.31. The molecule has 19 heavy (non-hydrogen) atoms. The Balaban J connectivity index is 1.88. The summed E-state index contributed by atoms with van der Waals surface area (Å²) in [6.45, 7) is 0. The van der Waals surface area contributed by atoms with Gasteiger partial charge in [0.05, 0.1) is 23.6 Å². The van der Waals surface area contributed by atoms with Crippen LogP contribution in [0.25, 0.3) is 0 Å². The molecule has 104 valence electrons. The summed E-state index contributed by atoms with van der Waals surface area (Å²) >= 11 is 5.76. The second-order valence-electron chi connectivity index (χ2n) is 4.88. The quantitative estimate of drug-likeness (QED) is 0.922. The average Bonchev–Trinajstić information content (AvgIpc) is 2.42. The summed E-state index contributed by atoms with van der Waals surface area (Å²) in [5.41, 5.74) is 0.728. The van der Waals surface area contributed by atoms with Crippen molar-refractivity contribution in [2.75, 3.05) is 7.11 Å². The molecule has 0 saturated heterocycles. The number of rotatable bonds is 4. The third-order valence-corrected chi connectivity index (χ3v) is 3.71. The third kappa shape index (κ3) is 4.18. The van der Waals surface area contributed by atoms with Crippen LogP contribution >= 0.6 is 11.6 Å². The van der Waals surface area contributed by atoms with E-state index in [9.17, 15) is 4.79 Å². The molecule has 0 bridgehead atoms. The molecule has 1 aromatic rings. The third-order valence-electron chi connectivity index (χ3n) is 3.48. The fraction of sp³-hybridized carbons (Fsp3) is 0.571. The zero-order chi connectivity index (χ0) is 13.7. The number of halogens is 1. The van der Waals surface area contributed by atoms with Gasteiger partial charge in [-0.25, -0.2) is 0 Å². The van der Waals surface area contributed by atoms with Gasteiger partial charge in [-0.1, -0.05) is 24.4 Å². The molecule has 0 spiro atoms. The van der Waals surface area contributed by atoms with Gasteiger partial charge in [0, 0.05) is 19.0 Å². The predicted octanol–water partition coefficient (Wildman–Crippen LogP) is 2.35. The number of pyridine rings is 1. The highest BCUT2D eigenvalue weighted by molar-refractivity contribution is 6.30. The maximum Gasteiger partial charge on any atom is 0.226 e. The zero-order valence-electron chi connectivity index (χ0n) is 11.1. The first-order chi connectivity index (χ1) is 9.19. The number of methoxy groups -OCH3 is 1. The molecule has 1 fully saturated rings. The van der Waals surface area contributed by atoms with Crippen molar-refractivity contribution in [2.24, 2.45) is 0 Å². The van der Waals surface area contributed by atoms with Gasteiger partial charge in [-0.2, -0.15) is 0 Å². The van der Waals surface area contributed by atoms with Crippen molar-refractivity contribution in [3.63, 3.8) is 0 Å². The van der Waals surface area contributed by atoms with Crippen LogP contribution in [0.15, 0.2) is 18.3 Å². The van der Waals surface area contributed by atoms with E-state index in [4.69, 9.17) is 16.3 Å². The Morgan fingerprint density at radius 2 is 2.26 bits per heavy atom. The lowest BCUT2D eigenvalue weighted by atomic mass is 9.92. The van der Waals surface area contributed by atoms with E-state index in [1.54, 1.807) is 25.4 Å². The number of hydrogen-bond donors (Lipinski definition) is 1. The standard InChI is InChI=1S/C14H19ClN2O2/c1-19-13-5-3-2-4-12(13)17-14(18)8-11-7-6-10(15)9-16-11/h6-7,9,12-13H,2-5,8H2,1H3,(H,17,18)/t12-,13+/m1/s1. The topological polar surface area (TPSA) is 51.2 Å². The summed E-state index contributed by atoms with van der Waals surface area (Å²) in [7, 11) is 1.70. The highest BCUT2D eigenvalue weighted by atomic mass is 35.5. The Bertz CT molecular complexity index is 422. The molecular weight excluding hydrogens is 264 g/mol. The molecule has 0 aliphatic heterocycles. The molecule has 5 heteroatoms. The van der Waals surface area contributed by atoms with Crippen LogP contribution in [0.1, 0.15) is 31.4 Å². The molecular formula is C14H19ClN2O2. The fourth-order valence-corrected chi connectivity index (χ4v) is 2.59. The van der Waals surface area contributed by atoms with E-state index in [0.717, 1.165) is 25.0 Å². The van der Waals surface area contributed by atoms with Crippen LogP contribution < -0.4 is 5.32 Å². The van der Waals surface area contributed by atoms with E-state index in [-0.39, 0.29) is 24.5 Å². The molecule has 2 rings (SSSR count). The van der Waals surface area contributed by atoms with Crippen molar-refractivity contribution in [1.82, 2.24) is 10.3 Å². The lowest BCUT2D eigenvalue weighted by Crippen LogP contribution is -2.46. The van der Waals surface area contributed by atoms with Crippen LogP contribution in [0.4, 0.5) is 0 Å². The van der Waals surface area contributed by atoms with Crippen molar-refractivity contribution < 1.29 is 9.53 Å². The van der Waals surface area contributed by atoms with Crippen molar-refractivity contribution in [3.8, 4) is 0 Å². The summed E-state index contributed by atoms with van der Waals surface area (Å²) in [6.07, 6.45) is 6.29. The Morgan fingerprint density at radius 3 is 2.95 bits per heavy atom. The van der Waals surface area contributed by atoms with Gasteiger partial charge in [-0.15, -0.1) is 0 Å². The minimum absolute atomic E-state index is 0.0104. The molecule has 1 aliphatic carbocycles. The Hall–Kier alpha value is -1.13. The minimum atomic E-state index is -0.0104. The average molecular weight is 283 g/mol. The highest BCUT2D eigenvalue weighted by Crippen LogP contribution is 2.20. The van der Waals surface area contributed by atoms with Crippen LogP contribution in [0.3, 0.4) is 0 Å². The zero-order valence-corrected chi connectivity index (χ0v) is 11.8.